The van der Waals surface area contributed by atoms with Gasteiger partial charge in [0.15, 0.2) is 0 Å². The van der Waals surface area contributed by atoms with Gasteiger partial charge in [-0.15, -0.1) is 11.8 Å². The van der Waals surface area contributed by atoms with Crippen LogP contribution in [0.25, 0.3) is 0 Å². The van der Waals surface area contributed by atoms with Gasteiger partial charge in [-0.05, 0) is 35.9 Å². The molecule has 0 saturated carbocycles. The molecule has 2 aromatic rings. The molecule has 0 aliphatic heterocycles. The van der Waals surface area contributed by atoms with Crippen LogP contribution in [0.1, 0.15) is 5.56 Å². The second-order valence-electron chi connectivity index (χ2n) is 3.68. The van der Waals surface area contributed by atoms with E-state index >= 15 is 0 Å². The lowest BCUT2D eigenvalue weighted by Crippen LogP contribution is -1.87. The number of hydrogen-bond acceptors (Lipinski definition) is 3. The van der Waals surface area contributed by atoms with Crippen LogP contribution in [0.15, 0.2) is 47.4 Å². The number of phenolic OH excluding ortho intramolecular Hbond substituents is 1. The van der Waals surface area contributed by atoms with Gasteiger partial charge < -0.3 is 10.8 Å². The highest BCUT2D eigenvalue weighted by molar-refractivity contribution is 7.98. The van der Waals surface area contributed by atoms with Crippen molar-refractivity contribution >= 4 is 17.4 Å². The van der Waals surface area contributed by atoms with Gasteiger partial charge in [0.2, 0.25) is 0 Å². The molecule has 0 heterocycles. The average molecular weight is 249 g/mol. The molecule has 88 valence electrons. The van der Waals surface area contributed by atoms with Gasteiger partial charge in [-0.25, -0.2) is 4.39 Å². The van der Waals surface area contributed by atoms with Gasteiger partial charge in [0.05, 0.1) is 0 Å². The molecule has 0 radical (unpaired) electrons. The van der Waals surface area contributed by atoms with E-state index < -0.39 is 0 Å². The number of benzene rings is 2. The van der Waals surface area contributed by atoms with Crippen molar-refractivity contribution in [2.75, 3.05) is 5.73 Å². The van der Waals surface area contributed by atoms with Crippen LogP contribution in [0.5, 0.6) is 5.75 Å². The molecule has 0 aromatic heterocycles. The fourth-order valence-corrected chi connectivity index (χ4v) is 2.41. The summed E-state index contributed by atoms with van der Waals surface area (Å²) in [6.07, 6.45) is 0. The van der Waals surface area contributed by atoms with E-state index in [1.807, 2.05) is 6.07 Å². The summed E-state index contributed by atoms with van der Waals surface area (Å²) in [6.45, 7) is 0. The summed E-state index contributed by atoms with van der Waals surface area (Å²) in [6, 6.07) is 11.5. The van der Waals surface area contributed by atoms with E-state index in [-0.39, 0.29) is 11.6 Å². The smallest absolute Gasteiger partial charge is 0.126 e. The van der Waals surface area contributed by atoms with Crippen molar-refractivity contribution in [3.63, 3.8) is 0 Å². The molecule has 17 heavy (non-hydrogen) atoms. The topological polar surface area (TPSA) is 46.2 Å². The molecule has 2 aromatic carbocycles. The Balaban J connectivity index is 2.07. The van der Waals surface area contributed by atoms with Crippen molar-refractivity contribution in [1.82, 2.24) is 0 Å². The fourth-order valence-electron chi connectivity index (χ4n) is 1.48. The quantitative estimate of drug-likeness (QED) is 0.647. The maximum absolute atomic E-state index is 13.1. The molecule has 0 spiro atoms. The Bertz CT molecular complexity index is 510. The number of phenols is 1. The highest BCUT2D eigenvalue weighted by Crippen LogP contribution is 2.26. The Morgan fingerprint density at radius 1 is 1.18 bits per heavy atom. The first kappa shape index (κ1) is 11.8. The molecular weight excluding hydrogens is 237 g/mol. The average Bonchev–Trinajstić information content (AvgIpc) is 2.25. The van der Waals surface area contributed by atoms with Gasteiger partial charge in [-0.2, -0.15) is 0 Å². The first-order valence-electron chi connectivity index (χ1n) is 5.10. The van der Waals surface area contributed by atoms with E-state index in [0.29, 0.717) is 11.4 Å². The summed E-state index contributed by atoms with van der Waals surface area (Å²) >= 11 is 1.48. The predicted octanol–water partition coefficient (Wildman–Crippen LogP) is 3.41. The van der Waals surface area contributed by atoms with Gasteiger partial charge >= 0.3 is 0 Å². The lowest BCUT2D eigenvalue weighted by molar-refractivity contribution is 0.475. The summed E-state index contributed by atoms with van der Waals surface area (Å²) in [4.78, 5) is 0.783. The molecule has 3 N–H and O–H groups in total. The molecule has 0 amide bonds. The van der Waals surface area contributed by atoms with E-state index in [1.54, 1.807) is 24.3 Å². The van der Waals surface area contributed by atoms with Gasteiger partial charge in [0.1, 0.15) is 11.6 Å². The van der Waals surface area contributed by atoms with Crippen LogP contribution < -0.4 is 5.73 Å². The van der Waals surface area contributed by atoms with Crippen molar-refractivity contribution in [1.29, 1.82) is 0 Å². The maximum Gasteiger partial charge on any atom is 0.126 e. The second-order valence-corrected chi connectivity index (χ2v) is 4.73. The molecule has 2 nitrogen and oxygen atoms in total. The molecule has 0 unspecified atom stereocenters. The molecule has 0 bridgehead atoms. The Morgan fingerprint density at radius 3 is 2.71 bits per heavy atom. The number of rotatable bonds is 3. The van der Waals surface area contributed by atoms with Crippen LogP contribution in [-0.4, -0.2) is 5.11 Å². The molecule has 0 fully saturated rings. The zero-order valence-corrected chi connectivity index (χ0v) is 9.88. The summed E-state index contributed by atoms with van der Waals surface area (Å²) in [5.74, 6) is 0.572. The lowest BCUT2D eigenvalue weighted by atomic mass is 10.2. The third-order valence-electron chi connectivity index (χ3n) is 2.21. The van der Waals surface area contributed by atoms with Crippen molar-refractivity contribution < 1.29 is 9.50 Å². The highest BCUT2D eigenvalue weighted by Gasteiger charge is 2.01. The Labute approximate surface area is 103 Å². The van der Waals surface area contributed by atoms with Gasteiger partial charge in [-0.1, -0.05) is 12.1 Å². The third kappa shape index (κ3) is 3.39. The number of nitrogens with two attached hydrogens (primary N) is 1. The summed E-state index contributed by atoms with van der Waals surface area (Å²) in [5.41, 5.74) is 6.96. The molecule has 0 aliphatic carbocycles. The highest BCUT2D eigenvalue weighted by atomic mass is 32.2. The van der Waals surface area contributed by atoms with Crippen LogP contribution in [0.3, 0.4) is 0 Å². The van der Waals surface area contributed by atoms with Crippen molar-refractivity contribution in [2.24, 2.45) is 0 Å². The normalized spacial score (nSPS) is 10.4. The lowest BCUT2D eigenvalue weighted by Gasteiger charge is -2.04. The number of hydrogen-bond donors (Lipinski definition) is 2. The van der Waals surface area contributed by atoms with Crippen molar-refractivity contribution in [2.45, 2.75) is 10.6 Å². The first-order valence-corrected chi connectivity index (χ1v) is 6.09. The van der Waals surface area contributed by atoms with Gasteiger partial charge in [0.25, 0.3) is 0 Å². The predicted molar refractivity (Wildman–Crippen MR) is 68.5 cm³/mol. The number of halogens is 1. The maximum atomic E-state index is 13.1. The SMILES string of the molecule is Nc1cc(F)cc(SCc2cccc(O)c2)c1. The van der Waals surface area contributed by atoms with E-state index in [1.165, 1.54) is 23.9 Å². The zero-order chi connectivity index (χ0) is 12.3. The molecule has 4 heteroatoms. The second kappa shape index (κ2) is 5.10. The standard InChI is InChI=1S/C13H12FNOS/c14-10-5-11(15)7-13(6-10)17-8-9-2-1-3-12(16)4-9/h1-7,16H,8,15H2. The van der Waals surface area contributed by atoms with E-state index in [2.05, 4.69) is 0 Å². The molecule has 0 saturated heterocycles. The summed E-state index contributed by atoms with van der Waals surface area (Å²) in [5, 5.41) is 9.31. The largest absolute Gasteiger partial charge is 0.508 e. The minimum atomic E-state index is -0.330. The van der Waals surface area contributed by atoms with Gasteiger partial charge in [-0.3, -0.25) is 0 Å². The van der Waals surface area contributed by atoms with Crippen LogP contribution in [0.4, 0.5) is 10.1 Å². The van der Waals surface area contributed by atoms with Crippen LogP contribution >= 0.6 is 11.8 Å². The van der Waals surface area contributed by atoms with Crippen molar-refractivity contribution in [3.05, 3.63) is 53.8 Å². The fraction of sp³-hybridized carbons (Fsp3) is 0.0769. The van der Waals surface area contributed by atoms with E-state index in [4.69, 9.17) is 5.73 Å². The minimum Gasteiger partial charge on any atom is -0.508 e. The summed E-state index contributed by atoms with van der Waals surface area (Å²) in [7, 11) is 0. The van der Waals surface area contributed by atoms with Gasteiger partial charge in [0, 0.05) is 16.3 Å². The first-order chi connectivity index (χ1) is 8.13. The van der Waals surface area contributed by atoms with Crippen LogP contribution in [0.2, 0.25) is 0 Å². The Hall–Kier alpha value is -1.68. The number of aromatic hydroxyl groups is 1. The Kier molecular flexibility index (Phi) is 3.54. The van der Waals surface area contributed by atoms with Crippen molar-refractivity contribution in [3.8, 4) is 5.75 Å². The molecule has 2 rings (SSSR count). The monoisotopic (exact) mass is 249 g/mol. The van der Waals surface area contributed by atoms with E-state index in [0.717, 1.165) is 10.5 Å². The van der Waals surface area contributed by atoms with Crippen LogP contribution in [0, 0.1) is 5.82 Å². The number of thioether (sulfide) groups is 1. The minimum absolute atomic E-state index is 0.238. The number of nitrogen functional groups attached to an aromatic ring is 1. The Morgan fingerprint density at radius 2 is 2.00 bits per heavy atom. The molecular formula is C13H12FNOS. The molecule has 0 atom stereocenters. The molecule has 0 aliphatic rings. The summed E-state index contributed by atoms with van der Waals surface area (Å²) < 4.78 is 13.1. The van der Waals surface area contributed by atoms with E-state index in [9.17, 15) is 9.50 Å². The third-order valence-corrected chi connectivity index (χ3v) is 3.26. The zero-order valence-electron chi connectivity index (χ0n) is 9.06. The number of anilines is 1. The van der Waals surface area contributed by atoms with Crippen LogP contribution in [-0.2, 0) is 5.75 Å².